The molecule has 3 atom stereocenters. The Balaban J connectivity index is 1.32. The lowest BCUT2D eigenvalue weighted by Gasteiger charge is -2.41. The Kier molecular flexibility index (Phi) is 4.02. The fourth-order valence-electron chi connectivity index (χ4n) is 4.66. The minimum absolute atomic E-state index is 0.00301. The van der Waals surface area contributed by atoms with Crippen molar-refractivity contribution in [2.75, 3.05) is 0 Å². The highest BCUT2D eigenvalue weighted by atomic mass is 16.5. The van der Waals surface area contributed by atoms with Crippen LogP contribution in [-0.4, -0.2) is 52.5 Å². The van der Waals surface area contributed by atoms with E-state index in [0.29, 0.717) is 23.0 Å². The van der Waals surface area contributed by atoms with E-state index < -0.39 is 0 Å². The van der Waals surface area contributed by atoms with E-state index in [1.807, 2.05) is 0 Å². The van der Waals surface area contributed by atoms with Gasteiger partial charge >= 0.3 is 0 Å². The number of hydrogen-bond donors (Lipinski definition) is 2. The quantitative estimate of drug-likeness (QED) is 0.694. The summed E-state index contributed by atoms with van der Waals surface area (Å²) in [6.45, 7) is 4.53. The molecule has 3 aromatic rings. The molecule has 9 nitrogen and oxygen atoms in total. The normalized spacial score (nSPS) is 28.4. The summed E-state index contributed by atoms with van der Waals surface area (Å²) in [5, 5.41) is 30.2. The van der Waals surface area contributed by atoms with Crippen LogP contribution >= 0.6 is 0 Å². The van der Waals surface area contributed by atoms with Gasteiger partial charge in [-0.3, -0.25) is 0 Å². The van der Waals surface area contributed by atoms with Gasteiger partial charge < -0.3 is 15.2 Å². The van der Waals surface area contributed by atoms with Crippen molar-refractivity contribution in [3.05, 3.63) is 36.8 Å². The monoisotopic (exact) mass is 393 g/mol. The Morgan fingerprint density at radius 1 is 1.17 bits per heavy atom. The number of aromatic hydroxyl groups is 1. The minimum atomic E-state index is -0.00301. The molecule has 0 aliphatic carbocycles. The summed E-state index contributed by atoms with van der Waals surface area (Å²) >= 11 is 0. The Bertz CT molecular complexity index is 1010. The van der Waals surface area contributed by atoms with E-state index in [2.05, 4.69) is 44.7 Å². The molecule has 0 amide bonds. The number of fused-ring (bicyclic) bond motifs is 2. The van der Waals surface area contributed by atoms with Crippen molar-refractivity contribution in [2.45, 2.75) is 56.7 Å². The zero-order valence-corrected chi connectivity index (χ0v) is 16.4. The molecule has 29 heavy (non-hydrogen) atoms. The van der Waals surface area contributed by atoms with E-state index in [-0.39, 0.29) is 22.9 Å². The van der Waals surface area contributed by atoms with E-state index in [1.165, 1.54) is 17.5 Å². The second kappa shape index (κ2) is 6.48. The van der Waals surface area contributed by atoms with Crippen LogP contribution in [-0.2, 0) is 0 Å². The molecule has 2 fully saturated rings. The molecule has 2 aliphatic heterocycles. The van der Waals surface area contributed by atoms with Crippen LogP contribution in [0.4, 0.5) is 0 Å². The fraction of sp³-hybridized carbons (Fsp3) is 0.450. The fourth-order valence-corrected chi connectivity index (χ4v) is 4.66. The zero-order chi connectivity index (χ0) is 20.1. The summed E-state index contributed by atoms with van der Waals surface area (Å²) in [6, 6.07) is 5.11. The van der Waals surface area contributed by atoms with Gasteiger partial charge in [-0.05, 0) is 32.8 Å². The largest absolute Gasteiger partial charge is 0.506 e. The van der Waals surface area contributed by atoms with E-state index in [9.17, 15) is 5.11 Å². The maximum Gasteiger partial charge on any atom is 0.233 e. The SMILES string of the molecule is C[C@]12CC[C@](C)(C[C@@H](Oc3ccc(-c4ncc(-n5ccnn5)cc4O)nn3)C1)N2. The Morgan fingerprint density at radius 2 is 1.97 bits per heavy atom. The molecule has 2 aliphatic rings. The molecular formula is C20H23N7O2. The molecule has 0 spiro atoms. The minimum Gasteiger partial charge on any atom is -0.506 e. The Morgan fingerprint density at radius 3 is 2.59 bits per heavy atom. The standard InChI is InChI=1S/C20H23N7O2/c1-19-5-6-20(2,25-19)11-14(10-19)29-17-4-3-15(23-24-17)18-16(28)9-13(12-21-18)27-8-7-22-26-27/h3-4,7-9,12,14,25,28H,5-6,10-11H2,1-2H3/t14-,19-,20+. The maximum absolute atomic E-state index is 10.4. The summed E-state index contributed by atoms with van der Waals surface area (Å²) in [5.74, 6) is 0.489. The first-order chi connectivity index (χ1) is 13.9. The van der Waals surface area contributed by atoms with E-state index in [4.69, 9.17) is 4.74 Å². The maximum atomic E-state index is 10.4. The zero-order valence-electron chi connectivity index (χ0n) is 16.4. The van der Waals surface area contributed by atoms with Gasteiger partial charge in [0.25, 0.3) is 0 Å². The molecular weight excluding hydrogens is 370 g/mol. The molecule has 2 saturated heterocycles. The summed E-state index contributed by atoms with van der Waals surface area (Å²) in [7, 11) is 0. The van der Waals surface area contributed by atoms with Gasteiger partial charge in [0.15, 0.2) is 0 Å². The van der Waals surface area contributed by atoms with Crippen LogP contribution in [0, 0.1) is 0 Å². The first-order valence-electron chi connectivity index (χ1n) is 9.77. The van der Waals surface area contributed by atoms with Gasteiger partial charge in [0.1, 0.15) is 23.2 Å². The van der Waals surface area contributed by atoms with Crippen LogP contribution in [0.3, 0.4) is 0 Å². The van der Waals surface area contributed by atoms with Crippen LogP contribution in [0.1, 0.15) is 39.5 Å². The van der Waals surface area contributed by atoms with Crippen LogP contribution in [0.15, 0.2) is 36.8 Å². The number of nitrogens with zero attached hydrogens (tertiary/aromatic N) is 6. The molecule has 0 unspecified atom stereocenters. The number of nitrogens with one attached hydrogen (secondary N) is 1. The van der Waals surface area contributed by atoms with Gasteiger partial charge in [-0.25, -0.2) is 9.67 Å². The molecule has 5 rings (SSSR count). The molecule has 9 heteroatoms. The van der Waals surface area contributed by atoms with Crippen LogP contribution in [0.25, 0.3) is 17.1 Å². The Labute approximate surface area is 168 Å². The van der Waals surface area contributed by atoms with E-state index in [1.54, 1.807) is 36.8 Å². The third-order valence-corrected chi connectivity index (χ3v) is 5.90. The lowest BCUT2D eigenvalue weighted by molar-refractivity contribution is 0.0754. The number of ether oxygens (including phenoxy) is 1. The second-order valence-corrected chi connectivity index (χ2v) is 8.56. The summed E-state index contributed by atoms with van der Waals surface area (Å²) in [4.78, 5) is 4.31. The number of aromatic nitrogens is 6. The van der Waals surface area contributed by atoms with Crippen molar-refractivity contribution >= 4 is 0 Å². The lowest BCUT2D eigenvalue weighted by atomic mass is 9.86. The highest BCUT2D eigenvalue weighted by Gasteiger charge is 2.49. The van der Waals surface area contributed by atoms with Gasteiger partial charge in [-0.2, -0.15) is 0 Å². The van der Waals surface area contributed by atoms with Crippen molar-refractivity contribution in [3.8, 4) is 28.7 Å². The van der Waals surface area contributed by atoms with Gasteiger partial charge in [0.05, 0.1) is 24.3 Å². The number of piperidine rings is 1. The van der Waals surface area contributed by atoms with Crippen molar-refractivity contribution in [2.24, 2.45) is 0 Å². The highest BCUT2D eigenvalue weighted by molar-refractivity contribution is 5.63. The molecule has 2 bridgehead atoms. The van der Waals surface area contributed by atoms with Crippen LogP contribution in [0.5, 0.6) is 11.6 Å². The molecule has 0 radical (unpaired) electrons. The van der Waals surface area contributed by atoms with Crippen molar-refractivity contribution in [1.82, 2.24) is 35.5 Å². The first kappa shape index (κ1) is 18.0. The summed E-state index contributed by atoms with van der Waals surface area (Å²) < 4.78 is 7.66. The first-order valence-corrected chi connectivity index (χ1v) is 9.77. The topological polar surface area (TPSA) is 111 Å². The summed E-state index contributed by atoms with van der Waals surface area (Å²) in [5.41, 5.74) is 1.70. The molecule has 0 saturated carbocycles. The number of pyridine rings is 1. The molecule has 0 aromatic carbocycles. The Hall–Kier alpha value is -3.07. The van der Waals surface area contributed by atoms with Crippen LogP contribution in [0.2, 0.25) is 0 Å². The molecule has 5 heterocycles. The van der Waals surface area contributed by atoms with Crippen molar-refractivity contribution in [1.29, 1.82) is 0 Å². The van der Waals surface area contributed by atoms with E-state index >= 15 is 0 Å². The summed E-state index contributed by atoms with van der Waals surface area (Å²) in [6.07, 6.45) is 9.20. The van der Waals surface area contributed by atoms with Gasteiger partial charge in [0.2, 0.25) is 5.88 Å². The predicted octanol–water partition coefficient (Wildman–Crippen LogP) is 2.27. The molecule has 150 valence electrons. The van der Waals surface area contributed by atoms with E-state index in [0.717, 1.165) is 12.8 Å². The van der Waals surface area contributed by atoms with Gasteiger partial charge in [-0.15, -0.1) is 15.3 Å². The highest BCUT2D eigenvalue weighted by Crippen LogP contribution is 2.43. The number of rotatable bonds is 4. The average molecular weight is 393 g/mol. The predicted molar refractivity (Wildman–Crippen MR) is 105 cm³/mol. The van der Waals surface area contributed by atoms with Crippen molar-refractivity contribution in [3.63, 3.8) is 0 Å². The second-order valence-electron chi connectivity index (χ2n) is 8.56. The lowest BCUT2D eigenvalue weighted by Crippen LogP contribution is -2.56. The van der Waals surface area contributed by atoms with Gasteiger partial charge in [-0.1, -0.05) is 5.21 Å². The third kappa shape index (κ3) is 3.42. The smallest absolute Gasteiger partial charge is 0.233 e. The molecule has 3 aromatic heterocycles. The van der Waals surface area contributed by atoms with Crippen LogP contribution < -0.4 is 10.1 Å². The average Bonchev–Trinajstić information content (AvgIpc) is 3.28. The van der Waals surface area contributed by atoms with Crippen molar-refractivity contribution < 1.29 is 9.84 Å². The molecule has 2 N–H and O–H groups in total. The third-order valence-electron chi connectivity index (χ3n) is 5.90. The van der Waals surface area contributed by atoms with Gasteiger partial charge in [0, 0.05) is 36.1 Å². The number of hydrogen-bond acceptors (Lipinski definition) is 8.